The second-order valence-corrected chi connectivity index (χ2v) is 4.98. The van der Waals surface area contributed by atoms with Crippen LogP contribution in [0.1, 0.15) is 11.9 Å². The zero-order valence-electron chi connectivity index (χ0n) is 11.0. The third kappa shape index (κ3) is 4.83. The topological polar surface area (TPSA) is 85.5 Å². The summed E-state index contributed by atoms with van der Waals surface area (Å²) in [5.74, 6) is 5.29. The number of rotatable bonds is 9. The molecule has 1 heterocycles. The van der Waals surface area contributed by atoms with Crippen LogP contribution in [0.25, 0.3) is 0 Å². The molecule has 104 valence electrons. The lowest BCUT2D eigenvalue weighted by Crippen LogP contribution is -2.38. The van der Waals surface area contributed by atoms with Crippen LogP contribution in [0.15, 0.2) is 0 Å². The van der Waals surface area contributed by atoms with Crippen molar-refractivity contribution in [3.8, 4) is 0 Å². The summed E-state index contributed by atoms with van der Waals surface area (Å²) in [6.45, 7) is 5.00. The van der Waals surface area contributed by atoms with Crippen molar-refractivity contribution in [3.05, 3.63) is 5.01 Å². The lowest BCUT2D eigenvalue weighted by molar-refractivity contribution is 0.0703. The van der Waals surface area contributed by atoms with Crippen molar-refractivity contribution in [2.45, 2.75) is 19.5 Å². The highest BCUT2D eigenvalue weighted by Crippen LogP contribution is 2.16. The maximum Gasteiger partial charge on any atom is 0.219 e. The number of anilines is 1. The molecule has 3 N–H and O–H groups in total. The van der Waals surface area contributed by atoms with Gasteiger partial charge < -0.3 is 9.47 Å². The van der Waals surface area contributed by atoms with E-state index in [2.05, 4.69) is 27.4 Å². The molecule has 1 rings (SSSR count). The predicted octanol–water partition coefficient (Wildman–Crippen LogP) is 0.307. The summed E-state index contributed by atoms with van der Waals surface area (Å²) in [5.41, 5.74) is 2.50. The normalized spacial score (nSPS) is 12.9. The zero-order chi connectivity index (χ0) is 13.4. The van der Waals surface area contributed by atoms with E-state index in [1.165, 1.54) is 11.3 Å². The Morgan fingerprint density at radius 3 is 2.72 bits per heavy atom. The minimum atomic E-state index is 0.295. The van der Waals surface area contributed by atoms with Crippen molar-refractivity contribution in [2.75, 3.05) is 39.4 Å². The SMILES string of the molecule is COCCN(Cc1nnc(NN)s1)C(C)COC. The lowest BCUT2D eigenvalue weighted by atomic mass is 10.3. The molecule has 0 aliphatic rings. The summed E-state index contributed by atoms with van der Waals surface area (Å²) in [4.78, 5) is 2.24. The van der Waals surface area contributed by atoms with Crippen molar-refractivity contribution in [1.29, 1.82) is 0 Å². The van der Waals surface area contributed by atoms with Crippen LogP contribution < -0.4 is 11.3 Å². The highest BCUT2D eigenvalue weighted by Gasteiger charge is 2.16. The first-order valence-electron chi connectivity index (χ1n) is 5.72. The van der Waals surface area contributed by atoms with Gasteiger partial charge in [-0.25, -0.2) is 5.84 Å². The summed E-state index contributed by atoms with van der Waals surface area (Å²) in [5, 5.41) is 9.54. The quantitative estimate of drug-likeness (QED) is 0.495. The first kappa shape index (κ1) is 15.3. The first-order chi connectivity index (χ1) is 8.71. The van der Waals surface area contributed by atoms with Gasteiger partial charge in [-0.2, -0.15) is 0 Å². The van der Waals surface area contributed by atoms with E-state index in [0.29, 0.717) is 30.9 Å². The predicted molar refractivity (Wildman–Crippen MR) is 71.3 cm³/mol. The van der Waals surface area contributed by atoms with E-state index in [1.807, 2.05) is 0 Å². The van der Waals surface area contributed by atoms with Crippen molar-refractivity contribution in [2.24, 2.45) is 5.84 Å². The number of hydrogen-bond donors (Lipinski definition) is 2. The maximum absolute atomic E-state index is 5.29. The number of ether oxygens (including phenoxy) is 2. The Bertz CT molecular complexity index is 336. The van der Waals surface area contributed by atoms with Gasteiger partial charge in [0.2, 0.25) is 5.13 Å². The van der Waals surface area contributed by atoms with E-state index < -0.39 is 0 Å². The second-order valence-electron chi connectivity index (χ2n) is 3.91. The van der Waals surface area contributed by atoms with Gasteiger partial charge in [0, 0.05) is 26.8 Å². The van der Waals surface area contributed by atoms with Crippen LogP contribution in [0.5, 0.6) is 0 Å². The van der Waals surface area contributed by atoms with Gasteiger partial charge in [0.05, 0.1) is 19.8 Å². The Kier molecular flexibility index (Phi) is 7.06. The Morgan fingerprint density at radius 1 is 1.39 bits per heavy atom. The van der Waals surface area contributed by atoms with Gasteiger partial charge in [0.25, 0.3) is 0 Å². The molecular weight excluding hydrogens is 254 g/mol. The Labute approximate surface area is 111 Å². The van der Waals surface area contributed by atoms with Gasteiger partial charge >= 0.3 is 0 Å². The van der Waals surface area contributed by atoms with Crippen LogP contribution in [0.2, 0.25) is 0 Å². The Balaban J connectivity index is 2.58. The number of hydrogen-bond acceptors (Lipinski definition) is 8. The number of nitrogens with one attached hydrogen (secondary N) is 1. The summed E-state index contributed by atoms with van der Waals surface area (Å²) in [6, 6.07) is 0.295. The van der Waals surface area contributed by atoms with E-state index in [4.69, 9.17) is 15.3 Å². The molecule has 0 radical (unpaired) electrons. The third-order valence-electron chi connectivity index (χ3n) is 2.54. The molecule has 1 aromatic heterocycles. The van der Waals surface area contributed by atoms with Crippen molar-refractivity contribution < 1.29 is 9.47 Å². The standard InChI is InChI=1S/C10H21N5O2S/c1-8(7-17-3)15(4-5-16-2)6-9-13-14-10(12-11)18-9/h8H,4-7,11H2,1-3H3,(H,12,14). The van der Waals surface area contributed by atoms with Gasteiger partial charge in [-0.15, -0.1) is 10.2 Å². The van der Waals surface area contributed by atoms with Crippen LogP contribution in [0.3, 0.4) is 0 Å². The molecule has 0 spiro atoms. The summed E-state index contributed by atoms with van der Waals surface area (Å²) >= 11 is 1.45. The van der Waals surface area contributed by atoms with E-state index in [-0.39, 0.29) is 0 Å². The average Bonchev–Trinajstić information content (AvgIpc) is 2.82. The van der Waals surface area contributed by atoms with Gasteiger partial charge in [-0.1, -0.05) is 11.3 Å². The molecule has 0 aliphatic heterocycles. The molecule has 1 aromatic rings. The molecule has 0 aromatic carbocycles. The van der Waals surface area contributed by atoms with Crippen LogP contribution in [0.4, 0.5) is 5.13 Å². The van der Waals surface area contributed by atoms with Crippen LogP contribution >= 0.6 is 11.3 Å². The molecule has 0 fully saturated rings. The largest absolute Gasteiger partial charge is 0.383 e. The zero-order valence-corrected chi connectivity index (χ0v) is 11.9. The molecule has 0 aliphatic carbocycles. The van der Waals surface area contributed by atoms with E-state index in [0.717, 1.165) is 11.6 Å². The number of nitrogen functional groups attached to an aromatic ring is 1. The average molecular weight is 275 g/mol. The highest BCUT2D eigenvalue weighted by molar-refractivity contribution is 7.15. The van der Waals surface area contributed by atoms with Crippen LogP contribution in [-0.2, 0) is 16.0 Å². The molecule has 0 bridgehead atoms. The number of nitrogens with two attached hydrogens (primary N) is 1. The highest BCUT2D eigenvalue weighted by atomic mass is 32.1. The molecular formula is C10H21N5O2S. The summed E-state index contributed by atoms with van der Waals surface area (Å²) in [6.07, 6.45) is 0. The van der Waals surface area contributed by atoms with Gasteiger partial charge in [-0.05, 0) is 6.92 Å². The smallest absolute Gasteiger partial charge is 0.219 e. The fraction of sp³-hybridized carbons (Fsp3) is 0.800. The third-order valence-corrected chi connectivity index (χ3v) is 3.38. The van der Waals surface area contributed by atoms with Crippen LogP contribution in [0, 0.1) is 0 Å². The van der Waals surface area contributed by atoms with Crippen LogP contribution in [-0.4, -0.2) is 55.1 Å². The number of methoxy groups -OCH3 is 2. The van der Waals surface area contributed by atoms with E-state index in [9.17, 15) is 0 Å². The van der Waals surface area contributed by atoms with Gasteiger partial charge in [0.15, 0.2) is 0 Å². The monoisotopic (exact) mass is 275 g/mol. The molecule has 18 heavy (non-hydrogen) atoms. The number of hydrazine groups is 1. The fourth-order valence-electron chi connectivity index (χ4n) is 1.56. The minimum absolute atomic E-state index is 0.295. The number of aromatic nitrogens is 2. The molecule has 8 heteroatoms. The van der Waals surface area contributed by atoms with Crippen molar-refractivity contribution in [3.63, 3.8) is 0 Å². The number of nitrogens with zero attached hydrogens (tertiary/aromatic N) is 3. The lowest BCUT2D eigenvalue weighted by Gasteiger charge is -2.27. The molecule has 0 saturated heterocycles. The fourth-order valence-corrected chi connectivity index (χ4v) is 2.24. The van der Waals surface area contributed by atoms with Crippen molar-refractivity contribution in [1.82, 2.24) is 15.1 Å². The maximum atomic E-state index is 5.29. The minimum Gasteiger partial charge on any atom is -0.383 e. The molecule has 0 amide bonds. The van der Waals surface area contributed by atoms with E-state index in [1.54, 1.807) is 14.2 Å². The van der Waals surface area contributed by atoms with E-state index >= 15 is 0 Å². The first-order valence-corrected chi connectivity index (χ1v) is 6.53. The molecule has 1 atom stereocenters. The molecule has 7 nitrogen and oxygen atoms in total. The van der Waals surface area contributed by atoms with Crippen molar-refractivity contribution >= 4 is 16.5 Å². The summed E-state index contributed by atoms with van der Waals surface area (Å²) < 4.78 is 10.3. The Morgan fingerprint density at radius 2 is 2.17 bits per heavy atom. The molecule has 1 unspecified atom stereocenters. The van der Waals surface area contributed by atoms with Gasteiger partial charge in [-0.3, -0.25) is 10.3 Å². The van der Waals surface area contributed by atoms with Gasteiger partial charge in [0.1, 0.15) is 5.01 Å². The second kappa shape index (κ2) is 8.33. The Hall–Kier alpha value is -0.800. The molecule has 0 saturated carbocycles. The summed E-state index contributed by atoms with van der Waals surface area (Å²) in [7, 11) is 3.40.